The predicted octanol–water partition coefficient (Wildman–Crippen LogP) is 12.0. The van der Waals surface area contributed by atoms with E-state index in [9.17, 15) is 0 Å². The Morgan fingerprint density at radius 3 is 1.48 bits per heavy atom. The maximum absolute atomic E-state index is 5.18. The van der Waals surface area contributed by atoms with Crippen molar-refractivity contribution in [1.82, 2.24) is 14.5 Å². The lowest BCUT2D eigenvalue weighted by Gasteiger charge is -2.26. The zero-order chi connectivity index (χ0) is 33.3. The Hall–Kier alpha value is -6.78. The first-order valence-corrected chi connectivity index (χ1v) is 16.8. The molecule has 0 spiro atoms. The fourth-order valence-electron chi connectivity index (χ4n) is 6.87. The Kier molecular flexibility index (Phi) is 7.45. The molecular formula is C46H32N4. The number of benzene rings is 6. The first-order valence-electron chi connectivity index (χ1n) is 16.8. The lowest BCUT2D eigenvalue weighted by molar-refractivity contribution is 1.08. The van der Waals surface area contributed by atoms with Crippen LogP contribution in [0.3, 0.4) is 0 Å². The van der Waals surface area contributed by atoms with E-state index in [1.807, 2.05) is 12.4 Å². The largest absolute Gasteiger partial charge is 0.311 e. The van der Waals surface area contributed by atoms with E-state index in [1.54, 1.807) is 0 Å². The molecule has 0 saturated heterocycles. The molecule has 3 aromatic heterocycles. The zero-order valence-corrected chi connectivity index (χ0v) is 27.3. The number of pyridine rings is 2. The third kappa shape index (κ3) is 5.39. The number of anilines is 3. The summed E-state index contributed by atoms with van der Waals surface area (Å²) in [5.41, 5.74) is 12.1. The van der Waals surface area contributed by atoms with Crippen molar-refractivity contribution >= 4 is 38.9 Å². The highest BCUT2D eigenvalue weighted by molar-refractivity contribution is 6.08. The van der Waals surface area contributed by atoms with Crippen molar-refractivity contribution in [2.45, 2.75) is 0 Å². The molecule has 0 N–H and O–H groups in total. The third-order valence-electron chi connectivity index (χ3n) is 9.33. The van der Waals surface area contributed by atoms with Crippen molar-refractivity contribution in [3.63, 3.8) is 0 Å². The van der Waals surface area contributed by atoms with Gasteiger partial charge in [0, 0.05) is 39.6 Å². The van der Waals surface area contributed by atoms with Crippen molar-refractivity contribution < 1.29 is 0 Å². The van der Waals surface area contributed by atoms with Crippen molar-refractivity contribution in [2.75, 3.05) is 4.90 Å². The quantitative estimate of drug-likeness (QED) is 0.174. The number of hydrogen-bond donors (Lipinski definition) is 0. The van der Waals surface area contributed by atoms with E-state index in [4.69, 9.17) is 4.98 Å². The van der Waals surface area contributed by atoms with Crippen LogP contribution >= 0.6 is 0 Å². The fraction of sp³-hybridized carbons (Fsp3) is 0. The maximum atomic E-state index is 5.18. The van der Waals surface area contributed by atoms with Gasteiger partial charge in [-0.25, -0.2) is 4.98 Å². The Morgan fingerprint density at radius 2 is 0.880 bits per heavy atom. The van der Waals surface area contributed by atoms with E-state index in [0.717, 1.165) is 45.2 Å². The average molecular weight is 641 g/mol. The highest BCUT2D eigenvalue weighted by Gasteiger charge is 2.16. The molecule has 50 heavy (non-hydrogen) atoms. The first kappa shape index (κ1) is 29.4. The molecule has 0 aliphatic rings. The minimum atomic E-state index is 0.865. The van der Waals surface area contributed by atoms with Gasteiger partial charge in [0.05, 0.1) is 22.9 Å². The van der Waals surface area contributed by atoms with Gasteiger partial charge in [-0.05, 0) is 82.9 Å². The van der Waals surface area contributed by atoms with Crippen LogP contribution in [0, 0.1) is 0 Å². The van der Waals surface area contributed by atoms with Crippen LogP contribution in [0.25, 0.3) is 61.1 Å². The van der Waals surface area contributed by atoms with Crippen LogP contribution in [0.15, 0.2) is 194 Å². The monoisotopic (exact) mass is 640 g/mol. The smallest absolute Gasteiger partial charge is 0.138 e. The minimum Gasteiger partial charge on any atom is -0.311 e. The number of hydrogen-bond acceptors (Lipinski definition) is 3. The second-order valence-electron chi connectivity index (χ2n) is 12.3. The molecule has 0 saturated carbocycles. The molecule has 0 bridgehead atoms. The van der Waals surface area contributed by atoms with Gasteiger partial charge in [-0.3, -0.25) is 9.55 Å². The van der Waals surface area contributed by atoms with Gasteiger partial charge >= 0.3 is 0 Å². The summed E-state index contributed by atoms with van der Waals surface area (Å²) >= 11 is 0. The van der Waals surface area contributed by atoms with Crippen LogP contribution in [0.2, 0.25) is 0 Å². The Bertz CT molecular complexity index is 2420. The minimum absolute atomic E-state index is 0.865. The molecule has 3 heterocycles. The molecule has 4 heteroatoms. The number of aromatic nitrogens is 3. The highest BCUT2D eigenvalue weighted by Crippen LogP contribution is 2.38. The van der Waals surface area contributed by atoms with Crippen LogP contribution < -0.4 is 4.90 Å². The predicted molar refractivity (Wildman–Crippen MR) is 207 cm³/mol. The molecule has 4 nitrogen and oxygen atoms in total. The summed E-state index contributed by atoms with van der Waals surface area (Å²) in [6.45, 7) is 0. The van der Waals surface area contributed by atoms with Crippen LogP contribution in [0.5, 0.6) is 0 Å². The highest BCUT2D eigenvalue weighted by atomic mass is 15.1. The topological polar surface area (TPSA) is 34.0 Å². The maximum Gasteiger partial charge on any atom is 0.138 e. The summed E-state index contributed by atoms with van der Waals surface area (Å²) in [7, 11) is 0. The molecule has 236 valence electrons. The van der Waals surface area contributed by atoms with Crippen molar-refractivity contribution in [1.29, 1.82) is 0 Å². The second kappa shape index (κ2) is 12.7. The summed E-state index contributed by atoms with van der Waals surface area (Å²) in [4.78, 5) is 11.9. The van der Waals surface area contributed by atoms with Crippen molar-refractivity contribution in [3.8, 4) is 39.3 Å². The van der Waals surface area contributed by atoms with E-state index >= 15 is 0 Å². The van der Waals surface area contributed by atoms with Crippen LogP contribution in [-0.4, -0.2) is 14.5 Å². The number of para-hydroxylation sites is 1. The summed E-state index contributed by atoms with van der Waals surface area (Å²) in [6, 6.07) is 64.1. The van der Waals surface area contributed by atoms with Crippen molar-refractivity contribution in [2.24, 2.45) is 0 Å². The van der Waals surface area contributed by atoms with E-state index in [-0.39, 0.29) is 0 Å². The van der Waals surface area contributed by atoms with E-state index < -0.39 is 0 Å². The normalized spacial score (nSPS) is 11.2. The lowest BCUT2D eigenvalue weighted by atomic mass is 10.0. The van der Waals surface area contributed by atoms with Gasteiger partial charge in [0.15, 0.2) is 0 Å². The first-order chi connectivity index (χ1) is 24.8. The van der Waals surface area contributed by atoms with E-state index in [0.29, 0.717) is 0 Å². The number of rotatable bonds is 7. The summed E-state index contributed by atoms with van der Waals surface area (Å²) < 4.78 is 2.20. The molecule has 6 aromatic carbocycles. The standard InChI is InChI=1S/C46H32N4/c1-3-10-33(11-4-1)35-18-24-38(25-19-35)49(39-26-20-36(21-27-39)34-12-5-2-6-13-34)40-28-22-37(23-29-40)43-15-9-17-46(48-43)50-44-16-8-7-14-41(44)42-30-31-47-32-45(42)50/h1-32H. The molecule has 0 unspecified atom stereocenters. The molecule has 0 fully saturated rings. The van der Waals surface area contributed by atoms with Gasteiger partial charge in [0.1, 0.15) is 5.82 Å². The van der Waals surface area contributed by atoms with Gasteiger partial charge in [-0.1, -0.05) is 121 Å². The molecule has 0 aliphatic heterocycles. The van der Waals surface area contributed by atoms with Gasteiger partial charge in [-0.2, -0.15) is 0 Å². The molecule has 0 amide bonds. The van der Waals surface area contributed by atoms with Gasteiger partial charge < -0.3 is 4.90 Å². The molecule has 0 radical (unpaired) electrons. The van der Waals surface area contributed by atoms with Gasteiger partial charge in [-0.15, -0.1) is 0 Å². The Balaban J connectivity index is 1.09. The molecule has 0 atom stereocenters. The number of nitrogens with zero attached hydrogens (tertiary/aromatic N) is 4. The molecular weight excluding hydrogens is 609 g/mol. The van der Waals surface area contributed by atoms with Crippen LogP contribution in [-0.2, 0) is 0 Å². The summed E-state index contributed by atoms with van der Waals surface area (Å²) in [5.74, 6) is 0.865. The number of fused-ring (bicyclic) bond motifs is 3. The summed E-state index contributed by atoms with van der Waals surface area (Å²) in [5, 5.41) is 2.36. The summed E-state index contributed by atoms with van der Waals surface area (Å²) in [6.07, 6.45) is 3.77. The van der Waals surface area contributed by atoms with Gasteiger partial charge in [0.2, 0.25) is 0 Å². The lowest BCUT2D eigenvalue weighted by Crippen LogP contribution is -2.09. The average Bonchev–Trinajstić information content (AvgIpc) is 3.54. The zero-order valence-electron chi connectivity index (χ0n) is 27.3. The van der Waals surface area contributed by atoms with Crippen LogP contribution in [0.1, 0.15) is 0 Å². The van der Waals surface area contributed by atoms with Crippen LogP contribution in [0.4, 0.5) is 17.1 Å². The Morgan fingerprint density at radius 1 is 0.380 bits per heavy atom. The molecule has 9 rings (SSSR count). The van der Waals surface area contributed by atoms with Crippen molar-refractivity contribution in [3.05, 3.63) is 194 Å². The van der Waals surface area contributed by atoms with E-state index in [1.165, 1.54) is 33.0 Å². The van der Waals surface area contributed by atoms with E-state index in [2.05, 4.69) is 196 Å². The third-order valence-corrected chi connectivity index (χ3v) is 9.33. The fourth-order valence-corrected chi connectivity index (χ4v) is 6.87. The molecule has 0 aliphatic carbocycles. The SMILES string of the molecule is c1ccc(-c2ccc(N(c3ccc(-c4ccccc4)cc3)c3ccc(-c4cccc(-n5c6ccccc6c6ccncc65)n4)cc3)cc2)cc1. The second-order valence-corrected chi connectivity index (χ2v) is 12.3. The Labute approximate surface area is 291 Å². The van der Waals surface area contributed by atoms with Gasteiger partial charge in [0.25, 0.3) is 0 Å². The molecule has 9 aromatic rings.